The summed E-state index contributed by atoms with van der Waals surface area (Å²) in [6, 6.07) is 7.82. The number of carbonyl (C=O) groups excluding carboxylic acids is 1. The largest absolute Gasteiger partial charge is 0.379 e. The maximum Gasteiger partial charge on any atom is 0.239 e. The predicted molar refractivity (Wildman–Crippen MR) is 96.5 cm³/mol. The molecule has 25 heavy (non-hydrogen) atoms. The SMILES string of the molecule is O=C(CN1CCOCC1)Nc1cc2cc(-c3cncs3)ccc2nn1. The van der Waals surface area contributed by atoms with Crippen molar-refractivity contribution in [3.8, 4) is 10.4 Å². The number of morpholine rings is 1. The highest BCUT2D eigenvalue weighted by Gasteiger charge is 2.15. The van der Waals surface area contributed by atoms with Crippen LogP contribution < -0.4 is 5.32 Å². The van der Waals surface area contributed by atoms with Gasteiger partial charge in [0, 0.05) is 24.7 Å². The van der Waals surface area contributed by atoms with Crippen LogP contribution in [-0.2, 0) is 9.53 Å². The molecular weight excluding hydrogens is 338 g/mol. The smallest absolute Gasteiger partial charge is 0.239 e. The van der Waals surface area contributed by atoms with Crippen molar-refractivity contribution in [2.75, 3.05) is 38.2 Å². The quantitative estimate of drug-likeness (QED) is 0.771. The van der Waals surface area contributed by atoms with Gasteiger partial charge in [0.15, 0.2) is 5.82 Å². The van der Waals surface area contributed by atoms with Crippen LogP contribution in [0.1, 0.15) is 0 Å². The fourth-order valence-corrected chi connectivity index (χ4v) is 3.38. The number of ether oxygens (including phenoxy) is 1. The number of benzene rings is 1. The molecule has 1 amide bonds. The molecule has 1 N–H and O–H groups in total. The van der Waals surface area contributed by atoms with Crippen molar-refractivity contribution in [3.05, 3.63) is 36.0 Å². The van der Waals surface area contributed by atoms with Crippen LogP contribution in [0, 0.1) is 0 Å². The van der Waals surface area contributed by atoms with E-state index in [1.54, 1.807) is 11.3 Å². The predicted octanol–water partition coefficient (Wildman–Crippen LogP) is 2.02. The summed E-state index contributed by atoms with van der Waals surface area (Å²) in [4.78, 5) is 19.5. The number of fused-ring (bicyclic) bond motifs is 1. The van der Waals surface area contributed by atoms with Gasteiger partial charge in [-0.25, -0.2) is 0 Å². The molecule has 3 heterocycles. The van der Waals surface area contributed by atoms with Gasteiger partial charge in [-0.15, -0.1) is 21.5 Å². The van der Waals surface area contributed by atoms with E-state index >= 15 is 0 Å². The van der Waals surface area contributed by atoms with Crippen molar-refractivity contribution in [1.29, 1.82) is 0 Å². The number of anilines is 1. The molecule has 1 aliphatic heterocycles. The first-order valence-corrected chi connectivity index (χ1v) is 8.92. The van der Waals surface area contributed by atoms with Crippen molar-refractivity contribution >= 4 is 34.0 Å². The second kappa shape index (κ2) is 7.22. The summed E-state index contributed by atoms with van der Waals surface area (Å²) in [5.41, 5.74) is 3.68. The Hall–Kier alpha value is -2.42. The minimum Gasteiger partial charge on any atom is -0.379 e. The molecule has 1 aromatic carbocycles. The Morgan fingerprint density at radius 1 is 1.24 bits per heavy atom. The lowest BCUT2D eigenvalue weighted by Gasteiger charge is -2.25. The highest BCUT2D eigenvalue weighted by Crippen LogP contribution is 2.26. The molecule has 1 fully saturated rings. The van der Waals surface area contributed by atoms with Crippen LogP contribution in [-0.4, -0.2) is 58.8 Å². The van der Waals surface area contributed by atoms with E-state index in [1.165, 1.54) is 0 Å². The molecule has 2 aromatic heterocycles. The zero-order chi connectivity index (χ0) is 17.1. The maximum atomic E-state index is 12.2. The van der Waals surface area contributed by atoms with E-state index in [-0.39, 0.29) is 5.91 Å². The van der Waals surface area contributed by atoms with E-state index in [2.05, 4.69) is 25.4 Å². The summed E-state index contributed by atoms with van der Waals surface area (Å²) in [6.07, 6.45) is 1.84. The minimum absolute atomic E-state index is 0.0887. The highest BCUT2D eigenvalue weighted by atomic mass is 32.1. The molecule has 128 valence electrons. The van der Waals surface area contributed by atoms with Gasteiger partial charge < -0.3 is 10.1 Å². The highest BCUT2D eigenvalue weighted by molar-refractivity contribution is 7.13. The summed E-state index contributed by atoms with van der Waals surface area (Å²) in [6.45, 7) is 3.22. The van der Waals surface area contributed by atoms with Gasteiger partial charge in [0.2, 0.25) is 5.91 Å². The number of hydrogen-bond donors (Lipinski definition) is 1. The van der Waals surface area contributed by atoms with E-state index in [9.17, 15) is 4.79 Å². The average Bonchev–Trinajstić information content (AvgIpc) is 3.16. The fourth-order valence-electron chi connectivity index (χ4n) is 2.76. The van der Waals surface area contributed by atoms with Crippen LogP contribution in [0.5, 0.6) is 0 Å². The van der Waals surface area contributed by atoms with E-state index in [0.717, 1.165) is 34.4 Å². The molecule has 0 saturated carbocycles. The molecule has 3 aromatic rings. The molecule has 8 heteroatoms. The van der Waals surface area contributed by atoms with Gasteiger partial charge in [-0.1, -0.05) is 6.07 Å². The van der Waals surface area contributed by atoms with Gasteiger partial charge in [0.25, 0.3) is 0 Å². The van der Waals surface area contributed by atoms with Crippen LogP contribution in [0.4, 0.5) is 5.82 Å². The topological polar surface area (TPSA) is 80.2 Å². The second-order valence-corrected chi connectivity index (χ2v) is 6.69. The zero-order valence-corrected chi connectivity index (χ0v) is 14.3. The molecule has 0 bridgehead atoms. The Kier molecular flexibility index (Phi) is 4.64. The van der Waals surface area contributed by atoms with Gasteiger partial charge in [-0.3, -0.25) is 14.7 Å². The first kappa shape index (κ1) is 16.1. The minimum atomic E-state index is -0.0887. The van der Waals surface area contributed by atoms with Gasteiger partial charge in [0.05, 0.1) is 35.7 Å². The number of amides is 1. The van der Waals surface area contributed by atoms with Gasteiger partial charge in [-0.2, -0.15) is 0 Å². The second-order valence-electron chi connectivity index (χ2n) is 5.81. The zero-order valence-electron chi connectivity index (χ0n) is 13.5. The van der Waals surface area contributed by atoms with Crippen molar-refractivity contribution in [2.24, 2.45) is 0 Å². The van der Waals surface area contributed by atoms with E-state index < -0.39 is 0 Å². The molecule has 0 aliphatic carbocycles. The Labute approximate surface area is 148 Å². The van der Waals surface area contributed by atoms with Crippen LogP contribution in [0.15, 0.2) is 36.0 Å². The van der Waals surface area contributed by atoms with Crippen LogP contribution >= 0.6 is 11.3 Å². The van der Waals surface area contributed by atoms with E-state index in [1.807, 2.05) is 36.0 Å². The molecule has 0 atom stereocenters. The van der Waals surface area contributed by atoms with Crippen LogP contribution in [0.25, 0.3) is 21.3 Å². The molecule has 0 radical (unpaired) electrons. The standard InChI is InChI=1S/C17H17N5O2S/c23-17(10-22-3-5-24-6-4-22)19-16-8-13-7-12(15-9-18-11-25-15)1-2-14(13)20-21-16/h1-2,7-9,11H,3-6,10H2,(H,19,21,23). The van der Waals surface area contributed by atoms with Gasteiger partial charge in [-0.05, 0) is 23.8 Å². The molecule has 1 saturated heterocycles. The summed E-state index contributed by atoms with van der Waals surface area (Å²) < 4.78 is 5.29. The average molecular weight is 355 g/mol. The molecule has 4 rings (SSSR count). The number of thiazole rings is 1. The monoisotopic (exact) mass is 355 g/mol. The number of hydrogen-bond acceptors (Lipinski definition) is 7. The summed E-state index contributed by atoms with van der Waals surface area (Å²) in [5.74, 6) is 0.376. The van der Waals surface area contributed by atoms with Crippen molar-refractivity contribution in [1.82, 2.24) is 20.1 Å². The summed E-state index contributed by atoms with van der Waals surface area (Å²) >= 11 is 1.59. The number of nitrogens with zero attached hydrogens (tertiary/aromatic N) is 4. The van der Waals surface area contributed by atoms with Crippen LogP contribution in [0.2, 0.25) is 0 Å². The first-order valence-electron chi connectivity index (χ1n) is 8.04. The Bertz CT molecular complexity index is 878. The number of rotatable bonds is 4. The summed E-state index contributed by atoms with van der Waals surface area (Å²) in [5, 5.41) is 12.1. The number of nitrogens with one attached hydrogen (secondary N) is 1. The van der Waals surface area contributed by atoms with E-state index in [4.69, 9.17) is 4.74 Å². The third-order valence-corrected chi connectivity index (χ3v) is 4.86. The van der Waals surface area contributed by atoms with Crippen LogP contribution in [0.3, 0.4) is 0 Å². The Morgan fingerprint density at radius 3 is 2.92 bits per heavy atom. The normalized spacial score (nSPS) is 15.4. The first-order chi connectivity index (χ1) is 12.3. The maximum absolute atomic E-state index is 12.2. The Balaban J connectivity index is 1.50. The molecule has 7 nitrogen and oxygen atoms in total. The molecule has 0 unspecified atom stereocenters. The fraction of sp³-hybridized carbons (Fsp3) is 0.294. The molecule has 0 spiro atoms. The van der Waals surface area contributed by atoms with Gasteiger partial charge in [0.1, 0.15) is 0 Å². The Morgan fingerprint density at radius 2 is 2.12 bits per heavy atom. The van der Waals surface area contributed by atoms with Crippen molar-refractivity contribution in [3.63, 3.8) is 0 Å². The van der Waals surface area contributed by atoms with E-state index in [0.29, 0.717) is 25.6 Å². The lowest BCUT2D eigenvalue weighted by Crippen LogP contribution is -2.41. The van der Waals surface area contributed by atoms with Gasteiger partial charge >= 0.3 is 0 Å². The third-order valence-electron chi connectivity index (χ3n) is 4.04. The molecular formula is C17H17N5O2S. The summed E-state index contributed by atoms with van der Waals surface area (Å²) in [7, 11) is 0. The van der Waals surface area contributed by atoms with Crippen molar-refractivity contribution < 1.29 is 9.53 Å². The number of carbonyl (C=O) groups is 1. The lowest BCUT2D eigenvalue weighted by atomic mass is 10.1. The number of aromatic nitrogens is 3. The lowest BCUT2D eigenvalue weighted by molar-refractivity contribution is -0.118. The third kappa shape index (κ3) is 3.81. The molecule has 1 aliphatic rings. The van der Waals surface area contributed by atoms with Crippen molar-refractivity contribution in [2.45, 2.75) is 0 Å².